The molecule has 0 aliphatic carbocycles. The minimum absolute atomic E-state index is 0.0934. The Hall–Kier alpha value is -0.292. The number of nitrogens with one attached hydrogen (secondary N) is 1. The number of benzene rings is 1. The number of phenols is 1. The van der Waals surface area contributed by atoms with Gasteiger partial charge in [-0.3, -0.25) is 0 Å². The Kier molecular flexibility index (Phi) is 4.90. The molecular weight excluding hydrogens is 333 g/mol. The third-order valence-electron chi connectivity index (χ3n) is 2.33. The topological polar surface area (TPSA) is 69.6 Å². The van der Waals surface area contributed by atoms with E-state index in [1.165, 1.54) is 11.3 Å². The molecule has 2 rings (SSSR count). The summed E-state index contributed by atoms with van der Waals surface area (Å²) < 4.78 is 1.19. The van der Waals surface area contributed by atoms with Crippen LogP contribution in [-0.2, 0) is 4.79 Å². The summed E-state index contributed by atoms with van der Waals surface area (Å²) in [6, 6.07) is 5.40. The zero-order valence-electron chi connectivity index (χ0n) is 9.79. The predicted molar refractivity (Wildman–Crippen MR) is 78.7 cm³/mol. The van der Waals surface area contributed by atoms with Crippen LogP contribution in [0.4, 0.5) is 5.69 Å². The van der Waals surface area contributed by atoms with Gasteiger partial charge in [0.05, 0.1) is 0 Å². The average Bonchev–Trinajstić information content (AvgIpc) is 2.80. The van der Waals surface area contributed by atoms with Gasteiger partial charge in [0.15, 0.2) is 0 Å². The van der Waals surface area contributed by atoms with Crippen molar-refractivity contribution in [3.05, 3.63) is 18.2 Å². The molecule has 18 heavy (non-hydrogen) atoms. The number of phenolic OH excluding ortho intramolecular Hbond substituents is 1. The second kappa shape index (κ2) is 6.24. The van der Waals surface area contributed by atoms with Crippen LogP contribution in [0.25, 0.3) is 0 Å². The van der Waals surface area contributed by atoms with Crippen molar-refractivity contribution in [2.75, 3.05) is 17.7 Å². The Labute approximate surface area is 117 Å². The number of aliphatic hydroxyl groups excluding tert-OH is 1. The Morgan fingerprint density at radius 3 is 3.00 bits per heavy atom. The van der Waals surface area contributed by atoms with Crippen LogP contribution in [0.3, 0.4) is 0 Å². The van der Waals surface area contributed by atoms with Crippen molar-refractivity contribution in [2.45, 2.75) is 12.2 Å². The molecule has 2 atom stereocenters. The molecule has 1 fully saturated rings. The maximum absolute atomic E-state index is 11.0. The first kappa shape index (κ1) is 14.1. The molecule has 4 nitrogen and oxygen atoms in total. The van der Waals surface area contributed by atoms with Gasteiger partial charge in [-0.15, -0.1) is 0 Å². The molecule has 0 radical (unpaired) electrons. The number of carbonyl (C=O) groups excluding carboxylic acids is 1. The summed E-state index contributed by atoms with van der Waals surface area (Å²) in [7, 11) is 3.78. The number of rotatable bonds is 3. The van der Waals surface area contributed by atoms with Crippen molar-refractivity contribution in [1.29, 1.82) is 0 Å². The van der Waals surface area contributed by atoms with Crippen molar-refractivity contribution in [3.63, 3.8) is 0 Å². The monoisotopic (exact) mass is 347 g/mol. The standard InChI is InChI=1S/C11H14AsNO3S2/c1-7(15)13-10-4-8(2-3-11(10)16)12-17-6-9(5-14)18-12/h2-4,9,14,16H,5-6H2,1H3,(H,13,15)/t9-,12?/m0/s1. The first-order chi connectivity index (χ1) is 8.60. The quantitative estimate of drug-likeness (QED) is 0.560. The summed E-state index contributed by atoms with van der Waals surface area (Å²) in [5.41, 5.74) is 0.475. The Morgan fingerprint density at radius 2 is 2.39 bits per heavy atom. The number of hydrogen-bond donors (Lipinski definition) is 3. The van der Waals surface area contributed by atoms with Gasteiger partial charge >= 0.3 is 117 Å². The third kappa shape index (κ3) is 3.38. The molecule has 1 aliphatic heterocycles. The first-order valence-electron chi connectivity index (χ1n) is 5.41. The van der Waals surface area contributed by atoms with E-state index in [0.717, 1.165) is 5.75 Å². The van der Waals surface area contributed by atoms with Crippen LogP contribution >= 0.6 is 20.0 Å². The van der Waals surface area contributed by atoms with Crippen molar-refractivity contribution >= 4 is 48.3 Å². The fraction of sp³-hybridized carbons (Fsp3) is 0.364. The van der Waals surface area contributed by atoms with Crippen LogP contribution in [0.15, 0.2) is 18.2 Å². The summed E-state index contributed by atoms with van der Waals surface area (Å²) in [5.74, 6) is 0.887. The van der Waals surface area contributed by atoms with Crippen molar-refractivity contribution in [3.8, 4) is 5.75 Å². The molecule has 1 aromatic rings. The molecule has 0 spiro atoms. The summed E-state index contributed by atoms with van der Waals surface area (Å²) in [6.45, 7) is 1.64. The fourth-order valence-electron chi connectivity index (χ4n) is 1.50. The molecular formula is C11H14AsNO3S2. The molecule has 1 amide bonds. The summed E-state index contributed by atoms with van der Waals surface area (Å²) in [5, 5.41) is 21.8. The fourth-order valence-corrected chi connectivity index (χ4v) is 16.9. The molecule has 1 aromatic carbocycles. The van der Waals surface area contributed by atoms with E-state index in [2.05, 4.69) is 5.32 Å². The maximum atomic E-state index is 11.0. The summed E-state index contributed by atoms with van der Waals surface area (Å²) in [6.07, 6.45) is 0. The van der Waals surface area contributed by atoms with Crippen LogP contribution in [0.1, 0.15) is 6.92 Å². The van der Waals surface area contributed by atoms with Gasteiger partial charge in [-0.2, -0.15) is 0 Å². The molecule has 1 saturated heterocycles. The summed E-state index contributed by atoms with van der Waals surface area (Å²) >= 11 is -1.27. The van der Waals surface area contributed by atoms with Gasteiger partial charge < -0.3 is 0 Å². The van der Waals surface area contributed by atoms with E-state index in [4.69, 9.17) is 5.11 Å². The Bertz CT molecular complexity index is 458. The van der Waals surface area contributed by atoms with Crippen molar-refractivity contribution < 1.29 is 15.0 Å². The van der Waals surface area contributed by atoms with Gasteiger partial charge in [0.2, 0.25) is 0 Å². The van der Waals surface area contributed by atoms with E-state index in [1.54, 1.807) is 6.07 Å². The number of anilines is 1. The SMILES string of the molecule is CC(=O)Nc1cc([As]2SC[C@H](CO)S2)ccc1O. The van der Waals surface area contributed by atoms with Crippen LogP contribution in [0.5, 0.6) is 5.75 Å². The Morgan fingerprint density at radius 1 is 1.61 bits per heavy atom. The second-order valence-corrected chi connectivity index (χ2v) is 15.4. The van der Waals surface area contributed by atoms with Gasteiger partial charge in [0.25, 0.3) is 0 Å². The van der Waals surface area contributed by atoms with Gasteiger partial charge in [-0.1, -0.05) is 0 Å². The molecule has 1 unspecified atom stereocenters. The van der Waals surface area contributed by atoms with E-state index in [0.29, 0.717) is 10.9 Å². The number of hydrogen-bond acceptors (Lipinski definition) is 5. The van der Waals surface area contributed by atoms with E-state index < -0.39 is 12.3 Å². The number of carbonyl (C=O) groups is 1. The number of aromatic hydroxyl groups is 1. The van der Waals surface area contributed by atoms with Crippen LogP contribution in [-0.4, -0.2) is 46.1 Å². The molecule has 0 bridgehead atoms. The molecule has 3 N–H and O–H groups in total. The molecule has 7 heteroatoms. The number of amides is 1. The molecule has 0 saturated carbocycles. The third-order valence-corrected chi connectivity index (χ3v) is 16.3. The van der Waals surface area contributed by atoms with E-state index in [1.807, 2.05) is 32.2 Å². The van der Waals surface area contributed by atoms with Crippen LogP contribution in [0, 0.1) is 0 Å². The normalized spacial score (nSPS) is 23.0. The van der Waals surface area contributed by atoms with Gasteiger partial charge in [0.1, 0.15) is 0 Å². The first-order valence-corrected chi connectivity index (χ1v) is 12.7. The van der Waals surface area contributed by atoms with Crippen molar-refractivity contribution in [2.24, 2.45) is 0 Å². The van der Waals surface area contributed by atoms with E-state index in [9.17, 15) is 9.90 Å². The van der Waals surface area contributed by atoms with E-state index >= 15 is 0 Å². The van der Waals surface area contributed by atoms with Gasteiger partial charge in [-0.25, -0.2) is 0 Å². The van der Waals surface area contributed by atoms with E-state index in [-0.39, 0.29) is 18.3 Å². The zero-order valence-corrected chi connectivity index (χ0v) is 13.3. The zero-order chi connectivity index (χ0) is 13.1. The van der Waals surface area contributed by atoms with Crippen molar-refractivity contribution in [1.82, 2.24) is 0 Å². The minimum atomic E-state index is -1.27. The van der Waals surface area contributed by atoms with Gasteiger partial charge in [0, 0.05) is 0 Å². The summed E-state index contributed by atoms with van der Waals surface area (Å²) in [4.78, 5) is 11.0. The second-order valence-electron chi connectivity index (χ2n) is 3.85. The average molecular weight is 347 g/mol. The van der Waals surface area contributed by atoms with Gasteiger partial charge in [-0.05, 0) is 0 Å². The number of aliphatic hydroxyl groups is 1. The predicted octanol–water partition coefficient (Wildman–Crippen LogP) is 0.887. The van der Waals surface area contributed by atoms with Crippen LogP contribution < -0.4 is 9.67 Å². The molecule has 1 heterocycles. The molecule has 0 aromatic heterocycles. The Balaban J connectivity index is 2.16. The molecule has 1 aliphatic rings. The molecule has 98 valence electrons. The van der Waals surface area contributed by atoms with Crippen LogP contribution in [0.2, 0.25) is 0 Å².